The molecule has 1 heterocycles. The van der Waals surface area contributed by atoms with E-state index < -0.39 is 0 Å². The monoisotopic (exact) mass is 145 g/mol. The maximum absolute atomic E-state index is 3.27. The lowest BCUT2D eigenvalue weighted by Gasteiger charge is -2.27. The van der Waals surface area contributed by atoms with Crippen LogP contribution in [0.4, 0.5) is 0 Å². The Morgan fingerprint density at radius 2 is 2.22 bits per heavy atom. The van der Waals surface area contributed by atoms with Gasteiger partial charge in [0.2, 0.25) is 0 Å². The van der Waals surface area contributed by atoms with Gasteiger partial charge in [-0.2, -0.15) is 11.8 Å². The van der Waals surface area contributed by atoms with Crippen molar-refractivity contribution in [3.8, 4) is 0 Å². The van der Waals surface area contributed by atoms with E-state index in [1.807, 2.05) is 0 Å². The Labute approximate surface area is 61.6 Å². The standard InChI is InChI=1S/C7H15NS/c1-6(2)9-5-7-3-8-4-7/h6-8H,3-5H2,1-2H3. The molecule has 1 fully saturated rings. The average molecular weight is 145 g/mol. The average Bonchev–Trinajstić information content (AvgIpc) is 1.60. The van der Waals surface area contributed by atoms with Crippen molar-refractivity contribution in [2.24, 2.45) is 5.92 Å². The molecule has 1 aliphatic rings. The fraction of sp³-hybridized carbons (Fsp3) is 1.00. The molecule has 1 aliphatic heterocycles. The van der Waals surface area contributed by atoms with Crippen molar-refractivity contribution >= 4 is 11.8 Å². The normalized spacial score (nSPS) is 20.3. The number of thioether (sulfide) groups is 1. The van der Waals surface area contributed by atoms with Gasteiger partial charge in [-0.25, -0.2) is 0 Å². The summed E-state index contributed by atoms with van der Waals surface area (Å²) in [5.74, 6) is 2.32. The van der Waals surface area contributed by atoms with Gasteiger partial charge < -0.3 is 5.32 Å². The molecule has 1 rings (SSSR count). The summed E-state index contributed by atoms with van der Waals surface area (Å²) in [5, 5.41) is 4.08. The third-order valence-corrected chi connectivity index (χ3v) is 2.86. The minimum Gasteiger partial charge on any atom is -0.316 e. The number of rotatable bonds is 3. The van der Waals surface area contributed by atoms with E-state index in [0.29, 0.717) is 0 Å². The van der Waals surface area contributed by atoms with Crippen LogP contribution in [0.3, 0.4) is 0 Å². The molecule has 9 heavy (non-hydrogen) atoms. The topological polar surface area (TPSA) is 12.0 Å². The zero-order valence-corrected chi connectivity index (χ0v) is 7.00. The van der Waals surface area contributed by atoms with Gasteiger partial charge in [0.15, 0.2) is 0 Å². The first kappa shape index (κ1) is 7.42. The van der Waals surface area contributed by atoms with E-state index in [1.54, 1.807) is 0 Å². The number of hydrogen-bond donors (Lipinski definition) is 1. The van der Waals surface area contributed by atoms with Crippen LogP contribution in [-0.2, 0) is 0 Å². The smallest absolute Gasteiger partial charge is 0.0000325 e. The molecule has 0 saturated carbocycles. The van der Waals surface area contributed by atoms with Gasteiger partial charge in [-0.15, -0.1) is 0 Å². The van der Waals surface area contributed by atoms with Crippen LogP contribution in [0.5, 0.6) is 0 Å². The Balaban J connectivity index is 1.91. The predicted molar refractivity (Wildman–Crippen MR) is 44.0 cm³/mol. The third-order valence-electron chi connectivity index (χ3n) is 1.53. The van der Waals surface area contributed by atoms with Crippen molar-refractivity contribution < 1.29 is 0 Å². The van der Waals surface area contributed by atoms with Gasteiger partial charge in [0.1, 0.15) is 0 Å². The molecule has 0 aliphatic carbocycles. The van der Waals surface area contributed by atoms with Gasteiger partial charge in [0.05, 0.1) is 0 Å². The van der Waals surface area contributed by atoms with Gasteiger partial charge in [-0.3, -0.25) is 0 Å². The Bertz CT molecular complexity index is 79.0. The quantitative estimate of drug-likeness (QED) is 0.643. The Hall–Kier alpha value is 0.310. The molecule has 54 valence electrons. The summed E-state index contributed by atoms with van der Waals surface area (Å²) in [6.45, 7) is 7.02. The fourth-order valence-electron chi connectivity index (χ4n) is 0.795. The molecule has 0 bridgehead atoms. The summed E-state index contributed by atoms with van der Waals surface area (Å²) in [7, 11) is 0. The van der Waals surface area contributed by atoms with Gasteiger partial charge >= 0.3 is 0 Å². The largest absolute Gasteiger partial charge is 0.316 e. The lowest BCUT2D eigenvalue weighted by Crippen LogP contribution is -2.43. The van der Waals surface area contributed by atoms with Crippen molar-refractivity contribution in [3.05, 3.63) is 0 Å². The van der Waals surface area contributed by atoms with E-state index in [-0.39, 0.29) is 0 Å². The molecule has 0 radical (unpaired) electrons. The molecule has 2 heteroatoms. The molecule has 0 amide bonds. The SMILES string of the molecule is CC(C)SCC1CNC1. The van der Waals surface area contributed by atoms with Crippen LogP contribution in [-0.4, -0.2) is 24.1 Å². The highest BCUT2D eigenvalue weighted by Crippen LogP contribution is 2.16. The minimum atomic E-state index is 0.811. The van der Waals surface area contributed by atoms with Crippen LogP contribution in [0.1, 0.15) is 13.8 Å². The second kappa shape index (κ2) is 3.47. The Morgan fingerprint density at radius 3 is 2.56 bits per heavy atom. The first-order chi connectivity index (χ1) is 4.29. The first-order valence-corrected chi connectivity index (χ1v) is 4.66. The zero-order valence-electron chi connectivity index (χ0n) is 6.18. The molecule has 0 spiro atoms. The van der Waals surface area contributed by atoms with Crippen molar-refractivity contribution in [2.75, 3.05) is 18.8 Å². The maximum atomic E-state index is 3.27. The molecule has 1 nitrogen and oxygen atoms in total. The van der Waals surface area contributed by atoms with E-state index >= 15 is 0 Å². The van der Waals surface area contributed by atoms with Gasteiger partial charge in [-0.1, -0.05) is 13.8 Å². The number of nitrogens with one attached hydrogen (secondary N) is 1. The van der Waals surface area contributed by atoms with Crippen molar-refractivity contribution in [1.82, 2.24) is 5.32 Å². The van der Waals surface area contributed by atoms with E-state index in [0.717, 1.165) is 11.2 Å². The molecule has 0 aromatic carbocycles. The van der Waals surface area contributed by atoms with E-state index in [9.17, 15) is 0 Å². The molecule has 0 aromatic heterocycles. The Kier molecular flexibility index (Phi) is 2.86. The minimum absolute atomic E-state index is 0.811. The predicted octanol–water partition coefficient (Wildman–Crippen LogP) is 1.35. The molecular formula is C7H15NS. The summed E-state index contributed by atoms with van der Waals surface area (Å²) < 4.78 is 0. The van der Waals surface area contributed by atoms with Crippen LogP contribution in [0, 0.1) is 5.92 Å². The highest BCUT2D eigenvalue weighted by atomic mass is 32.2. The highest BCUT2D eigenvalue weighted by molar-refractivity contribution is 7.99. The lowest BCUT2D eigenvalue weighted by atomic mass is 10.1. The van der Waals surface area contributed by atoms with E-state index in [4.69, 9.17) is 0 Å². The molecule has 0 unspecified atom stereocenters. The van der Waals surface area contributed by atoms with Crippen LogP contribution in [0.15, 0.2) is 0 Å². The summed E-state index contributed by atoms with van der Waals surface area (Å²) >= 11 is 2.08. The maximum Gasteiger partial charge on any atom is -0.0000325 e. The van der Waals surface area contributed by atoms with Crippen molar-refractivity contribution in [2.45, 2.75) is 19.1 Å². The van der Waals surface area contributed by atoms with Crippen LogP contribution in [0.25, 0.3) is 0 Å². The van der Waals surface area contributed by atoms with E-state index in [2.05, 4.69) is 30.9 Å². The third kappa shape index (κ3) is 2.59. The van der Waals surface area contributed by atoms with Gasteiger partial charge in [0.25, 0.3) is 0 Å². The van der Waals surface area contributed by atoms with Crippen LogP contribution >= 0.6 is 11.8 Å². The van der Waals surface area contributed by atoms with Gasteiger partial charge in [-0.05, 0) is 30.0 Å². The zero-order chi connectivity index (χ0) is 6.69. The number of hydrogen-bond acceptors (Lipinski definition) is 2. The Morgan fingerprint density at radius 1 is 1.56 bits per heavy atom. The summed E-state index contributed by atoms with van der Waals surface area (Å²) in [6, 6.07) is 0. The second-order valence-corrected chi connectivity index (χ2v) is 4.52. The van der Waals surface area contributed by atoms with Crippen molar-refractivity contribution in [3.63, 3.8) is 0 Å². The molecule has 1 saturated heterocycles. The highest BCUT2D eigenvalue weighted by Gasteiger charge is 2.16. The van der Waals surface area contributed by atoms with Crippen LogP contribution < -0.4 is 5.32 Å². The molecule has 0 atom stereocenters. The van der Waals surface area contributed by atoms with Crippen LogP contribution in [0.2, 0.25) is 0 Å². The van der Waals surface area contributed by atoms with Gasteiger partial charge in [0, 0.05) is 0 Å². The summed E-state index contributed by atoms with van der Waals surface area (Å²) in [6.07, 6.45) is 0. The fourth-order valence-corrected chi connectivity index (χ4v) is 1.69. The molecular weight excluding hydrogens is 130 g/mol. The summed E-state index contributed by atoms with van der Waals surface area (Å²) in [5.41, 5.74) is 0. The van der Waals surface area contributed by atoms with E-state index in [1.165, 1.54) is 18.8 Å². The summed E-state index contributed by atoms with van der Waals surface area (Å²) in [4.78, 5) is 0. The lowest BCUT2D eigenvalue weighted by molar-refractivity contribution is 0.385. The molecule has 1 N–H and O–H groups in total. The van der Waals surface area contributed by atoms with Crippen molar-refractivity contribution in [1.29, 1.82) is 0 Å². The first-order valence-electron chi connectivity index (χ1n) is 3.61. The second-order valence-electron chi connectivity index (χ2n) is 2.91. The molecule has 0 aromatic rings.